The van der Waals surface area contributed by atoms with E-state index in [0.717, 1.165) is 16.9 Å². The van der Waals surface area contributed by atoms with E-state index >= 15 is 0 Å². The first-order chi connectivity index (χ1) is 13.4. The lowest BCUT2D eigenvalue weighted by molar-refractivity contribution is -0.147. The number of amides is 2. The van der Waals surface area contributed by atoms with Crippen molar-refractivity contribution >= 4 is 12.0 Å². The number of ether oxygens (including phenoxy) is 1. The summed E-state index contributed by atoms with van der Waals surface area (Å²) in [7, 11) is 0. The molecule has 1 atom stereocenters. The van der Waals surface area contributed by atoms with Crippen molar-refractivity contribution in [1.82, 2.24) is 10.2 Å². The van der Waals surface area contributed by atoms with Gasteiger partial charge in [-0.1, -0.05) is 42.0 Å². The molecule has 6 nitrogen and oxygen atoms in total. The first-order valence-electron chi connectivity index (χ1n) is 9.39. The number of carboxylic acids is 1. The highest BCUT2D eigenvalue weighted by molar-refractivity contribution is 5.79. The molecule has 0 aromatic heterocycles. The zero-order valence-corrected chi connectivity index (χ0v) is 16.3. The molecule has 1 saturated heterocycles. The summed E-state index contributed by atoms with van der Waals surface area (Å²) in [6, 6.07) is 15.6. The van der Waals surface area contributed by atoms with E-state index in [1.165, 1.54) is 5.56 Å². The summed E-state index contributed by atoms with van der Waals surface area (Å²) in [6.07, 6.45) is 0.475. The third-order valence-electron chi connectivity index (χ3n) is 5.13. The SMILES string of the molecule is Cc1cccc(COc2ccc(CNC(=O)N3CCC(C)(C(=O)O)C3)cc2)c1. The van der Waals surface area contributed by atoms with Crippen molar-refractivity contribution in [2.75, 3.05) is 13.1 Å². The molecule has 2 N–H and O–H groups in total. The zero-order chi connectivity index (χ0) is 20.1. The van der Waals surface area contributed by atoms with E-state index in [-0.39, 0.29) is 12.6 Å². The second kappa shape index (κ2) is 8.33. The highest BCUT2D eigenvalue weighted by Gasteiger charge is 2.42. The van der Waals surface area contributed by atoms with Crippen molar-refractivity contribution in [1.29, 1.82) is 0 Å². The smallest absolute Gasteiger partial charge is 0.317 e. The largest absolute Gasteiger partial charge is 0.489 e. The average molecular weight is 382 g/mol. The Balaban J connectivity index is 1.47. The van der Waals surface area contributed by atoms with Crippen molar-refractivity contribution in [3.8, 4) is 5.75 Å². The first kappa shape index (κ1) is 19.7. The maximum atomic E-state index is 12.3. The molecule has 0 radical (unpaired) electrons. The quantitative estimate of drug-likeness (QED) is 0.800. The van der Waals surface area contributed by atoms with Crippen LogP contribution in [0.1, 0.15) is 30.0 Å². The Morgan fingerprint density at radius 3 is 2.57 bits per heavy atom. The Kier molecular flexibility index (Phi) is 5.87. The molecule has 148 valence electrons. The zero-order valence-electron chi connectivity index (χ0n) is 16.3. The van der Waals surface area contributed by atoms with Gasteiger partial charge in [0.1, 0.15) is 12.4 Å². The molecule has 0 aliphatic carbocycles. The second-order valence-electron chi connectivity index (χ2n) is 7.62. The molecule has 28 heavy (non-hydrogen) atoms. The minimum absolute atomic E-state index is 0.232. The normalized spacial score (nSPS) is 18.7. The second-order valence-corrected chi connectivity index (χ2v) is 7.62. The van der Waals surface area contributed by atoms with Crippen LogP contribution in [-0.4, -0.2) is 35.1 Å². The number of aryl methyl sites for hydroxylation is 1. The number of hydrogen-bond donors (Lipinski definition) is 2. The molecular weight excluding hydrogens is 356 g/mol. The molecule has 0 bridgehead atoms. The molecular formula is C22H26N2O4. The van der Waals surface area contributed by atoms with Crippen LogP contribution in [0.4, 0.5) is 4.79 Å². The number of rotatable bonds is 6. The number of nitrogens with one attached hydrogen (secondary N) is 1. The summed E-state index contributed by atoms with van der Waals surface area (Å²) in [5.41, 5.74) is 2.42. The summed E-state index contributed by atoms with van der Waals surface area (Å²) in [6.45, 7) is 5.32. The summed E-state index contributed by atoms with van der Waals surface area (Å²) in [5.74, 6) is -0.0857. The van der Waals surface area contributed by atoms with Crippen molar-refractivity contribution in [2.45, 2.75) is 33.4 Å². The van der Waals surface area contributed by atoms with Gasteiger partial charge >= 0.3 is 12.0 Å². The van der Waals surface area contributed by atoms with Gasteiger partial charge in [0.15, 0.2) is 0 Å². The van der Waals surface area contributed by atoms with Crippen molar-refractivity contribution in [3.63, 3.8) is 0 Å². The number of carbonyl (C=O) groups excluding carboxylic acids is 1. The summed E-state index contributed by atoms with van der Waals surface area (Å²) in [5, 5.41) is 12.1. The fraction of sp³-hybridized carbons (Fsp3) is 0.364. The topological polar surface area (TPSA) is 78.9 Å². The maximum absolute atomic E-state index is 12.3. The van der Waals surface area contributed by atoms with Gasteiger partial charge < -0.3 is 20.1 Å². The number of likely N-dealkylation sites (tertiary alicyclic amines) is 1. The lowest BCUT2D eigenvalue weighted by Gasteiger charge is -2.20. The number of nitrogens with zero attached hydrogens (tertiary/aromatic N) is 1. The fourth-order valence-electron chi connectivity index (χ4n) is 3.27. The monoisotopic (exact) mass is 382 g/mol. The van der Waals surface area contributed by atoms with Crippen LogP contribution in [0.5, 0.6) is 5.75 Å². The molecule has 0 saturated carbocycles. The Morgan fingerprint density at radius 1 is 1.18 bits per heavy atom. The molecule has 2 amide bonds. The molecule has 1 aliphatic heterocycles. The fourth-order valence-corrected chi connectivity index (χ4v) is 3.27. The van der Waals surface area contributed by atoms with Crippen LogP contribution in [0.25, 0.3) is 0 Å². The van der Waals surface area contributed by atoms with Gasteiger partial charge in [0.25, 0.3) is 0 Å². The number of hydrogen-bond acceptors (Lipinski definition) is 3. The Labute approximate surface area is 165 Å². The van der Waals surface area contributed by atoms with Crippen LogP contribution in [0, 0.1) is 12.3 Å². The minimum atomic E-state index is -0.857. The van der Waals surface area contributed by atoms with E-state index in [1.54, 1.807) is 11.8 Å². The minimum Gasteiger partial charge on any atom is -0.489 e. The van der Waals surface area contributed by atoms with Gasteiger partial charge in [-0.05, 0) is 43.5 Å². The lowest BCUT2D eigenvalue weighted by atomic mass is 9.90. The van der Waals surface area contributed by atoms with Gasteiger partial charge in [-0.3, -0.25) is 4.79 Å². The van der Waals surface area contributed by atoms with Crippen LogP contribution in [-0.2, 0) is 17.9 Å². The Hall–Kier alpha value is -3.02. The number of carboxylic acid groups (broad SMARTS) is 1. The predicted molar refractivity (Wildman–Crippen MR) is 106 cm³/mol. The number of urea groups is 1. The molecule has 1 heterocycles. The van der Waals surface area contributed by atoms with E-state index in [0.29, 0.717) is 26.1 Å². The molecule has 2 aromatic rings. The summed E-state index contributed by atoms with van der Waals surface area (Å²) in [4.78, 5) is 25.1. The van der Waals surface area contributed by atoms with E-state index in [2.05, 4.69) is 24.4 Å². The highest BCUT2D eigenvalue weighted by Crippen LogP contribution is 2.30. The Bertz CT molecular complexity index is 850. The van der Waals surface area contributed by atoms with Crippen molar-refractivity contribution in [3.05, 3.63) is 65.2 Å². The summed E-state index contributed by atoms with van der Waals surface area (Å²) >= 11 is 0. The molecule has 1 fully saturated rings. The molecule has 6 heteroatoms. The third kappa shape index (κ3) is 4.82. The van der Waals surface area contributed by atoms with Crippen LogP contribution < -0.4 is 10.1 Å². The highest BCUT2D eigenvalue weighted by atomic mass is 16.5. The van der Waals surface area contributed by atoms with Gasteiger partial charge in [0.05, 0.1) is 5.41 Å². The van der Waals surface area contributed by atoms with Crippen LogP contribution in [0.2, 0.25) is 0 Å². The van der Waals surface area contributed by atoms with Crippen molar-refractivity contribution in [2.24, 2.45) is 5.41 Å². The van der Waals surface area contributed by atoms with Crippen LogP contribution >= 0.6 is 0 Å². The Morgan fingerprint density at radius 2 is 1.93 bits per heavy atom. The molecule has 2 aromatic carbocycles. The number of carbonyl (C=O) groups is 2. The van der Waals surface area contributed by atoms with E-state index in [1.807, 2.05) is 36.4 Å². The average Bonchev–Trinajstić information content (AvgIpc) is 3.09. The van der Waals surface area contributed by atoms with Gasteiger partial charge in [-0.2, -0.15) is 0 Å². The third-order valence-corrected chi connectivity index (χ3v) is 5.13. The van der Waals surface area contributed by atoms with E-state index < -0.39 is 11.4 Å². The van der Waals surface area contributed by atoms with Crippen LogP contribution in [0.15, 0.2) is 48.5 Å². The standard InChI is InChI=1S/C22H26N2O4/c1-16-4-3-5-18(12-16)14-28-19-8-6-17(7-9-19)13-23-21(27)24-11-10-22(2,15-24)20(25)26/h3-9,12H,10-11,13-15H2,1-2H3,(H,23,27)(H,25,26). The van der Waals surface area contributed by atoms with E-state index in [4.69, 9.17) is 4.74 Å². The molecule has 3 rings (SSSR count). The predicted octanol–water partition coefficient (Wildman–Crippen LogP) is 3.58. The molecule has 1 unspecified atom stereocenters. The molecule has 1 aliphatic rings. The lowest BCUT2D eigenvalue weighted by Crippen LogP contribution is -2.40. The van der Waals surface area contributed by atoms with E-state index in [9.17, 15) is 14.7 Å². The molecule has 0 spiro atoms. The van der Waals surface area contributed by atoms with Gasteiger partial charge in [0.2, 0.25) is 0 Å². The van der Waals surface area contributed by atoms with Crippen LogP contribution in [0.3, 0.4) is 0 Å². The van der Waals surface area contributed by atoms with Crippen molar-refractivity contribution < 1.29 is 19.4 Å². The van der Waals surface area contributed by atoms with Gasteiger partial charge in [0, 0.05) is 19.6 Å². The van der Waals surface area contributed by atoms with Gasteiger partial charge in [-0.15, -0.1) is 0 Å². The number of benzene rings is 2. The number of aliphatic carboxylic acids is 1. The van der Waals surface area contributed by atoms with Gasteiger partial charge in [-0.25, -0.2) is 4.79 Å². The maximum Gasteiger partial charge on any atom is 0.317 e. The summed E-state index contributed by atoms with van der Waals surface area (Å²) < 4.78 is 5.80. The first-order valence-corrected chi connectivity index (χ1v) is 9.39.